The number of hydrogen-bond donors (Lipinski definition) is 2. The first-order valence-corrected chi connectivity index (χ1v) is 10.0. The molecule has 0 radical (unpaired) electrons. The minimum atomic E-state index is -3.72. The predicted octanol–water partition coefficient (Wildman–Crippen LogP) is 3.67. The van der Waals surface area contributed by atoms with E-state index in [1.54, 1.807) is 30.3 Å². The second-order valence-corrected chi connectivity index (χ2v) is 7.91. The minimum absolute atomic E-state index is 0.0375. The van der Waals surface area contributed by atoms with Gasteiger partial charge >= 0.3 is 0 Å². The molecular weight excluding hydrogens is 404 g/mol. The van der Waals surface area contributed by atoms with Crippen LogP contribution in [0.25, 0.3) is 0 Å². The number of hydrogen-bond acceptors (Lipinski definition) is 5. The van der Waals surface area contributed by atoms with Gasteiger partial charge in [-0.15, -0.1) is 0 Å². The Balaban J connectivity index is 1.67. The number of rotatable bonds is 7. The van der Waals surface area contributed by atoms with E-state index in [4.69, 9.17) is 20.8 Å². The third-order valence-corrected chi connectivity index (χ3v) is 5.57. The summed E-state index contributed by atoms with van der Waals surface area (Å²) < 4.78 is 37.2. The van der Waals surface area contributed by atoms with Crippen molar-refractivity contribution in [3.05, 3.63) is 77.2 Å². The zero-order valence-electron chi connectivity index (χ0n) is 14.8. The summed E-state index contributed by atoms with van der Waals surface area (Å²) >= 11 is 6.04. The fourth-order valence-corrected chi connectivity index (χ4v) is 3.65. The van der Waals surface area contributed by atoms with Gasteiger partial charge in [-0.2, -0.15) is 0 Å². The van der Waals surface area contributed by atoms with Gasteiger partial charge in [-0.3, -0.25) is 4.79 Å². The van der Waals surface area contributed by atoms with Crippen LogP contribution in [0.5, 0.6) is 5.75 Å². The minimum Gasteiger partial charge on any atom is -0.495 e. The van der Waals surface area contributed by atoms with Gasteiger partial charge in [0.25, 0.3) is 5.91 Å². The lowest BCUT2D eigenvalue weighted by Gasteiger charge is -2.09. The molecule has 28 heavy (non-hydrogen) atoms. The zero-order chi connectivity index (χ0) is 20.1. The summed E-state index contributed by atoms with van der Waals surface area (Å²) in [5, 5.41) is 3.06. The molecule has 1 aromatic heterocycles. The number of ether oxygens (including phenoxy) is 1. The fraction of sp³-hybridized carbons (Fsp3) is 0.105. The maximum absolute atomic E-state index is 12.4. The number of benzene rings is 2. The first kappa shape index (κ1) is 19.9. The number of furan rings is 1. The summed E-state index contributed by atoms with van der Waals surface area (Å²) in [6, 6.07) is 13.8. The topological polar surface area (TPSA) is 97.6 Å². The highest BCUT2D eigenvalue weighted by Crippen LogP contribution is 2.27. The van der Waals surface area contributed by atoms with Gasteiger partial charge in [-0.25, -0.2) is 13.1 Å². The summed E-state index contributed by atoms with van der Waals surface area (Å²) in [5.74, 6) is 0.600. The summed E-state index contributed by atoms with van der Waals surface area (Å²) in [7, 11) is -2.23. The Morgan fingerprint density at radius 2 is 1.89 bits per heavy atom. The second kappa shape index (κ2) is 8.47. The number of carbonyl (C=O) groups is 1. The van der Waals surface area contributed by atoms with Crippen molar-refractivity contribution in [1.29, 1.82) is 0 Å². The van der Waals surface area contributed by atoms with E-state index in [1.165, 1.54) is 37.6 Å². The molecular formula is C19H17ClN2O5S. The van der Waals surface area contributed by atoms with E-state index in [1.807, 2.05) is 0 Å². The molecule has 146 valence electrons. The van der Waals surface area contributed by atoms with E-state index in [0.717, 1.165) is 0 Å². The van der Waals surface area contributed by atoms with Crippen LogP contribution >= 0.6 is 11.6 Å². The number of methoxy groups -OCH3 is 1. The molecule has 1 heterocycles. The summed E-state index contributed by atoms with van der Waals surface area (Å²) in [6.45, 7) is 0.0375. The van der Waals surface area contributed by atoms with Crippen molar-refractivity contribution in [2.75, 3.05) is 12.4 Å². The highest BCUT2D eigenvalue weighted by Gasteiger charge is 2.16. The average Bonchev–Trinajstić information content (AvgIpc) is 3.20. The Morgan fingerprint density at radius 1 is 1.14 bits per heavy atom. The molecule has 7 nitrogen and oxygen atoms in total. The molecule has 0 aliphatic carbocycles. The maximum atomic E-state index is 12.4. The van der Waals surface area contributed by atoms with Crippen LogP contribution in [-0.4, -0.2) is 21.4 Å². The van der Waals surface area contributed by atoms with Crippen LogP contribution in [0.3, 0.4) is 0 Å². The Kier molecular flexibility index (Phi) is 6.03. The van der Waals surface area contributed by atoms with Crippen LogP contribution in [0, 0.1) is 0 Å². The van der Waals surface area contributed by atoms with Gasteiger partial charge in [0.1, 0.15) is 11.5 Å². The molecule has 0 spiro atoms. The lowest BCUT2D eigenvalue weighted by molar-refractivity contribution is 0.102. The van der Waals surface area contributed by atoms with Crippen LogP contribution in [0.2, 0.25) is 5.02 Å². The number of sulfonamides is 1. The fourth-order valence-electron chi connectivity index (χ4n) is 2.40. The van der Waals surface area contributed by atoms with Crippen LogP contribution < -0.4 is 14.8 Å². The smallest absolute Gasteiger partial charge is 0.255 e. The molecule has 0 saturated heterocycles. The quantitative estimate of drug-likeness (QED) is 0.607. The van der Waals surface area contributed by atoms with Gasteiger partial charge in [-0.05, 0) is 54.6 Å². The molecule has 3 aromatic rings. The standard InChI is InChI=1S/C19H17ClN2O5S/c1-26-18-9-6-14(11-17(18)20)22-19(23)13-4-7-16(8-5-13)28(24,25)21-12-15-3-2-10-27-15/h2-11,21H,12H2,1H3,(H,22,23). The van der Waals surface area contributed by atoms with E-state index in [2.05, 4.69) is 10.0 Å². The second-order valence-electron chi connectivity index (χ2n) is 5.73. The van der Waals surface area contributed by atoms with Crippen molar-refractivity contribution in [2.24, 2.45) is 0 Å². The molecule has 0 aliphatic heterocycles. The molecule has 2 N–H and O–H groups in total. The van der Waals surface area contributed by atoms with Gasteiger partial charge < -0.3 is 14.5 Å². The van der Waals surface area contributed by atoms with Gasteiger partial charge in [0.05, 0.1) is 29.8 Å². The summed E-state index contributed by atoms with van der Waals surface area (Å²) in [5.41, 5.74) is 0.796. The summed E-state index contributed by atoms with van der Waals surface area (Å²) in [6.07, 6.45) is 1.47. The van der Waals surface area contributed by atoms with Gasteiger partial charge in [0.15, 0.2) is 0 Å². The van der Waals surface area contributed by atoms with Crippen LogP contribution in [-0.2, 0) is 16.6 Å². The van der Waals surface area contributed by atoms with Crippen LogP contribution in [0.1, 0.15) is 16.1 Å². The molecule has 0 fully saturated rings. The lowest BCUT2D eigenvalue weighted by Crippen LogP contribution is -2.23. The third-order valence-electron chi connectivity index (χ3n) is 3.85. The van der Waals surface area contributed by atoms with E-state index in [0.29, 0.717) is 27.8 Å². The first-order chi connectivity index (χ1) is 13.4. The molecule has 9 heteroatoms. The zero-order valence-corrected chi connectivity index (χ0v) is 16.4. The molecule has 0 saturated carbocycles. The van der Waals surface area contributed by atoms with E-state index < -0.39 is 15.9 Å². The number of nitrogens with one attached hydrogen (secondary N) is 2. The van der Waals surface area contributed by atoms with Gasteiger partial charge in [0, 0.05) is 11.3 Å². The molecule has 0 bridgehead atoms. The average molecular weight is 421 g/mol. The highest BCUT2D eigenvalue weighted by atomic mass is 35.5. The van der Waals surface area contributed by atoms with Gasteiger partial charge in [0.2, 0.25) is 10.0 Å². The molecule has 1 amide bonds. The third kappa shape index (κ3) is 4.72. The lowest BCUT2D eigenvalue weighted by atomic mass is 10.2. The van der Waals surface area contributed by atoms with Crippen molar-refractivity contribution >= 4 is 33.2 Å². The van der Waals surface area contributed by atoms with Crippen LogP contribution in [0.4, 0.5) is 5.69 Å². The van der Waals surface area contributed by atoms with Crippen molar-refractivity contribution in [1.82, 2.24) is 4.72 Å². The molecule has 2 aromatic carbocycles. The van der Waals surface area contributed by atoms with Gasteiger partial charge in [-0.1, -0.05) is 11.6 Å². The monoisotopic (exact) mass is 420 g/mol. The predicted molar refractivity (Wildman–Crippen MR) is 105 cm³/mol. The van der Waals surface area contributed by atoms with E-state index in [-0.39, 0.29) is 11.4 Å². The van der Waals surface area contributed by atoms with Crippen molar-refractivity contribution in [2.45, 2.75) is 11.4 Å². The molecule has 3 rings (SSSR count). The maximum Gasteiger partial charge on any atom is 0.255 e. The number of halogens is 1. The van der Waals surface area contributed by atoms with E-state index in [9.17, 15) is 13.2 Å². The van der Waals surface area contributed by atoms with E-state index >= 15 is 0 Å². The number of anilines is 1. The summed E-state index contributed by atoms with van der Waals surface area (Å²) in [4.78, 5) is 12.4. The number of amides is 1. The highest BCUT2D eigenvalue weighted by molar-refractivity contribution is 7.89. The van der Waals surface area contributed by atoms with Crippen LogP contribution in [0.15, 0.2) is 70.2 Å². The Morgan fingerprint density at radius 3 is 2.50 bits per heavy atom. The molecule has 0 unspecified atom stereocenters. The van der Waals surface area contributed by atoms with Crippen molar-refractivity contribution in [3.63, 3.8) is 0 Å². The Labute approximate surface area is 167 Å². The van der Waals surface area contributed by atoms with Crippen molar-refractivity contribution < 1.29 is 22.4 Å². The Bertz CT molecular complexity index is 1060. The van der Waals surface area contributed by atoms with Crippen molar-refractivity contribution in [3.8, 4) is 5.75 Å². The first-order valence-electron chi connectivity index (χ1n) is 8.16. The molecule has 0 atom stereocenters. The SMILES string of the molecule is COc1ccc(NC(=O)c2ccc(S(=O)(=O)NCc3ccco3)cc2)cc1Cl. The molecule has 0 aliphatic rings. The number of carbonyl (C=O) groups excluding carboxylic acids is 1. The Hall–Kier alpha value is -2.81. The normalized spacial score (nSPS) is 11.2. The largest absolute Gasteiger partial charge is 0.495 e.